The molecule has 1 aliphatic heterocycles. The number of esters is 1. The summed E-state index contributed by atoms with van der Waals surface area (Å²) in [7, 11) is -2.77. The van der Waals surface area contributed by atoms with Crippen molar-refractivity contribution in [1.29, 1.82) is 0 Å². The van der Waals surface area contributed by atoms with Crippen LogP contribution in [0, 0.1) is 11.6 Å². The third-order valence-electron chi connectivity index (χ3n) is 4.32. The first-order valence-electron chi connectivity index (χ1n) is 8.75. The molecule has 1 fully saturated rings. The number of nitrogens with zero attached hydrogens (tertiary/aromatic N) is 2. The van der Waals surface area contributed by atoms with Crippen LogP contribution < -0.4 is 5.32 Å². The van der Waals surface area contributed by atoms with E-state index in [1.54, 1.807) is 4.90 Å². The van der Waals surface area contributed by atoms with E-state index in [0.29, 0.717) is 32.1 Å². The summed E-state index contributed by atoms with van der Waals surface area (Å²) in [5.74, 6) is -2.55. The quantitative estimate of drug-likeness (QED) is 0.482. The third kappa shape index (κ3) is 5.94. The van der Waals surface area contributed by atoms with Crippen molar-refractivity contribution in [3.8, 4) is 0 Å². The topological polar surface area (TPSA) is 96.0 Å². The highest BCUT2D eigenvalue weighted by molar-refractivity contribution is 7.89. The second-order valence-electron chi connectivity index (χ2n) is 6.28. The van der Waals surface area contributed by atoms with Gasteiger partial charge in [0.05, 0.1) is 13.7 Å². The summed E-state index contributed by atoms with van der Waals surface area (Å²) >= 11 is 0. The zero-order chi connectivity index (χ0) is 20.7. The van der Waals surface area contributed by atoms with Crippen LogP contribution in [-0.2, 0) is 24.3 Å². The SMILES string of the molecule is COC(=O)CCCNC(=O)CN1CCN(S(=O)(=O)c2ccc(F)cc2F)CC1. The Hall–Kier alpha value is -2.11. The number of methoxy groups -OCH3 is 1. The van der Waals surface area contributed by atoms with Gasteiger partial charge in [-0.2, -0.15) is 4.31 Å². The fraction of sp³-hybridized carbons (Fsp3) is 0.529. The molecule has 0 radical (unpaired) electrons. The summed E-state index contributed by atoms with van der Waals surface area (Å²) in [6.07, 6.45) is 0.681. The van der Waals surface area contributed by atoms with E-state index in [1.165, 1.54) is 7.11 Å². The van der Waals surface area contributed by atoms with Gasteiger partial charge < -0.3 is 10.1 Å². The van der Waals surface area contributed by atoms with Crippen LogP contribution in [0.15, 0.2) is 23.1 Å². The van der Waals surface area contributed by atoms with Crippen LogP contribution >= 0.6 is 0 Å². The second kappa shape index (κ2) is 9.89. The van der Waals surface area contributed by atoms with Gasteiger partial charge in [0.15, 0.2) is 0 Å². The minimum absolute atomic E-state index is 0.0920. The molecule has 0 bridgehead atoms. The summed E-state index contributed by atoms with van der Waals surface area (Å²) in [5, 5.41) is 2.68. The Balaban J connectivity index is 1.80. The van der Waals surface area contributed by atoms with Crippen molar-refractivity contribution < 1.29 is 31.5 Å². The van der Waals surface area contributed by atoms with Gasteiger partial charge in [0.25, 0.3) is 0 Å². The number of benzene rings is 1. The van der Waals surface area contributed by atoms with Crippen molar-refractivity contribution in [2.75, 3.05) is 46.4 Å². The molecule has 1 aromatic carbocycles. The van der Waals surface area contributed by atoms with Crippen molar-refractivity contribution in [3.63, 3.8) is 0 Å². The molecule has 11 heteroatoms. The highest BCUT2D eigenvalue weighted by Gasteiger charge is 2.31. The maximum Gasteiger partial charge on any atom is 0.305 e. The molecule has 0 unspecified atom stereocenters. The van der Waals surface area contributed by atoms with Crippen LogP contribution in [0.1, 0.15) is 12.8 Å². The number of nitrogens with one attached hydrogen (secondary N) is 1. The van der Waals surface area contributed by atoms with E-state index in [0.717, 1.165) is 16.4 Å². The smallest absolute Gasteiger partial charge is 0.305 e. The summed E-state index contributed by atoms with van der Waals surface area (Å²) in [4.78, 5) is 24.1. The highest BCUT2D eigenvalue weighted by Crippen LogP contribution is 2.21. The predicted molar refractivity (Wildman–Crippen MR) is 95.8 cm³/mol. The van der Waals surface area contributed by atoms with Gasteiger partial charge in [0, 0.05) is 45.2 Å². The lowest BCUT2D eigenvalue weighted by Crippen LogP contribution is -2.51. The van der Waals surface area contributed by atoms with E-state index in [9.17, 15) is 26.8 Å². The highest BCUT2D eigenvalue weighted by atomic mass is 32.2. The number of ether oxygens (including phenoxy) is 1. The number of hydrogen-bond donors (Lipinski definition) is 1. The molecule has 1 N–H and O–H groups in total. The molecule has 0 aliphatic carbocycles. The number of hydrogen-bond acceptors (Lipinski definition) is 6. The van der Waals surface area contributed by atoms with Crippen molar-refractivity contribution in [3.05, 3.63) is 29.8 Å². The van der Waals surface area contributed by atoms with E-state index < -0.39 is 26.6 Å². The standard InChI is InChI=1S/C17H23F2N3O5S/c1-27-17(24)3-2-6-20-16(23)12-21-7-9-22(10-8-21)28(25,26)15-5-4-13(18)11-14(15)19/h4-5,11H,2-3,6-10,12H2,1H3,(H,20,23). The van der Waals surface area contributed by atoms with E-state index in [2.05, 4.69) is 10.1 Å². The summed E-state index contributed by atoms with van der Waals surface area (Å²) in [6, 6.07) is 2.35. The summed E-state index contributed by atoms with van der Waals surface area (Å²) < 4.78 is 57.5. The molecule has 8 nitrogen and oxygen atoms in total. The molecular weight excluding hydrogens is 396 g/mol. The van der Waals surface area contributed by atoms with Crippen LogP contribution in [0.3, 0.4) is 0 Å². The van der Waals surface area contributed by atoms with E-state index in [1.807, 2.05) is 0 Å². The number of amides is 1. The van der Waals surface area contributed by atoms with Crippen LogP contribution in [0.2, 0.25) is 0 Å². The third-order valence-corrected chi connectivity index (χ3v) is 6.25. The Morgan fingerprint density at radius 1 is 1.18 bits per heavy atom. The Morgan fingerprint density at radius 3 is 2.46 bits per heavy atom. The Morgan fingerprint density at radius 2 is 1.86 bits per heavy atom. The largest absolute Gasteiger partial charge is 0.469 e. The molecular formula is C17H23F2N3O5S. The van der Waals surface area contributed by atoms with E-state index in [-0.39, 0.29) is 37.9 Å². The van der Waals surface area contributed by atoms with Crippen molar-refractivity contribution in [1.82, 2.24) is 14.5 Å². The van der Waals surface area contributed by atoms with Crippen LogP contribution in [0.25, 0.3) is 0 Å². The molecule has 1 aromatic rings. The van der Waals surface area contributed by atoms with Gasteiger partial charge in [-0.15, -0.1) is 0 Å². The minimum atomic E-state index is -4.07. The van der Waals surface area contributed by atoms with E-state index >= 15 is 0 Å². The molecule has 1 amide bonds. The monoisotopic (exact) mass is 419 g/mol. The normalized spacial score (nSPS) is 16.0. The lowest BCUT2D eigenvalue weighted by atomic mass is 10.3. The van der Waals surface area contributed by atoms with Crippen LogP contribution in [-0.4, -0.2) is 75.9 Å². The number of piperazine rings is 1. The van der Waals surface area contributed by atoms with Gasteiger partial charge in [-0.1, -0.05) is 0 Å². The molecule has 28 heavy (non-hydrogen) atoms. The van der Waals surface area contributed by atoms with Crippen molar-refractivity contribution >= 4 is 21.9 Å². The maximum atomic E-state index is 13.8. The van der Waals surface area contributed by atoms with Crippen LogP contribution in [0.4, 0.5) is 8.78 Å². The van der Waals surface area contributed by atoms with Crippen molar-refractivity contribution in [2.45, 2.75) is 17.7 Å². The fourth-order valence-electron chi connectivity index (χ4n) is 2.77. The Labute approximate surface area is 162 Å². The maximum absolute atomic E-state index is 13.8. The molecule has 0 spiro atoms. The zero-order valence-corrected chi connectivity index (χ0v) is 16.3. The Bertz CT molecular complexity index is 811. The lowest BCUT2D eigenvalue weighted by Gasteiger charge is -2.33. The number of sulfonamides is 1. The number of rotatable bonds is 8. The first-order chi connectivity index (χ1) is 13.2. The van der Waals surface area contributed by atoms with Crippen molar-refractivity contribution in [2.24, 2.45) is 0 Å². The lowest BCUT2D eigenvalue weighted by molar-refractivity contribution is -0.140. The number of halogens is 2. The average Bonchev–Trinajstić information content (AvgIpc) is 2.65. The average molecular weight is 419 g/mol. The fourth-order valence-corrected chi connectivity index (χ4v) is 4.24. The van der Waals surface area contributed by atoms with Gasteiger partial charge in [-0.05, 0) is 18.6 Å². The molecule has 1 aliphatic rings. The molecule has 0 aromatic heterocycles. The van der Waals surface area contributed by atoms with Crippen LogP contribution in [0.5, 0.6) is 0 Å². The number of carbonyl (C=O) groups excluding carboxylic acids is 2. The summed E-state index contributed by atoms with van der Waals surface area (Å²) in [6.45, 7) is 1.22. The molecule has 156 valence electrons. The van der Waals surface area contributed by atoms with Gasteiger partial charge in [0.1, 0.15) is 16.5 Å². The van der Waals surface area contributed by atoms with Gasteiger partial charge in [0.2, 0.25) is 15.9 Å². The summed E-state index contributed by atoms with van der Waals surface area (Å²) in [5.41, 5.74) is 0. The first kappa shape index (κ1) is 22.2. The zero-order valence-electron chi connectivity index (χ0n) is 15.5. The van der Waals surface area contributed by atoms with E-state index in [4.69, 9.17) is 0 Å². The van der Waals surface area contributed by atoms with Gasteiger partial charge in [-0.25, -0.2) is 17.2 Å². The molecule has 0 atom stereocenters. The Kier molecular flexibility index (Phi) is 7.84. The molecule has 0 saturated carbocycles. The van der Waals surface area contributed by atoms with Gasteiger partial charge >= 0.3 is 5.97 Å². The minimum Gasteiger partial charge on any atom is -0.469 e. The number of carbonyl (C=O) groups is 2. The second-order valence-corrected chi connectivity index (χ2v) is 8.19. The molecule has 1 heterocycles. The molecule has 2 rings (SSSR count). The molecule has 1 saturated heterocycles. The first-order valence-corrected chi connectivity index (χ1v) is 10.2. The van der Waals surface area contributed by atoms with Gasteiger partial charge in [-0.3, -0.25) is 14.5 Å². The predicted octanol–water partition coefficient (Wildman–Crippen LogP) is 0.341.